The molecule has 0 bridgehead atoms. The average molecular weight is 624 g/mol. The molecule has 0 aliphatic heterocycles. The fraction of sp³-hybridized carbons (Fsp3) is 1.00. The zero-order valence-corrected chi connectivity index (χ0v) is 32.0. The van der Waals surface area contributed by atoms with Gasteiger partial charge in [0, 0.05) is 6.04 Å². The second kappa shape index (κ2) is 24.9. The molecular formula is C40H85N3O. The first-order valence-corrected chi connectivity index (χ1v) is 19.8. The van der Waals surface area contributed by atoms with Gasteiger partial charge in [0.1, 0.15) is 0 Å². The molecule has 8 atom stereocenters. The van der Waals surface area contributed by atoms with E-state index in [-0.39, 0.29) is 11.5 Å². The Bertz CT molecular complexity index is 651. The third-order valence-electron chi connectivity index (χ3n) is 11.9. The highest BCUT2D eigenvalue weighted by Gasteiger charge is 2.60. The summed E-state index contributed by atoms with van der Waals surface area (Å²) < 4.78 is 0. The van der Waals surface area contributed by atoms with Crippen molar-refractivity contribution in [2.24, 2.45) is 51.9 Å². The van der Waals surface area contributed by atoms with Crippen molar-refractivity contribution in [2.75, 3.05) is 20.1 Å². The summed E-state index contributed by atoms with van der Waals surface area (Å²) in [6.07, 6.45) is 25.2. The lowest BCUT2D eigenvalue weighted by Crippen LogP contribution is -2.61. The van der Waals surface area contributed by atoms with E-state index in [4.69, 9.17) is 5.73 Å². The maximum absolute atomic E-state index is 11.5. The fourth-order valence-electron chi connectivity index (χ4n) is 9.30. The predicted octanol–water partition coefficient (Wildman–Crippen LogP) is 10.5. The second-order valence-corrected chi connectivity index (χ2v) is 15.6. The van der Waals surface area contributed by atoms with Crippen molar-refractivity contribution < 1.29 is 5.11 Å². The normalized spacial score (nSPS) is 32.3. The SMILES string of the molecule is CCCCCC.CCCCN.CCCCNC1CC2C3CCC(CCCCC(C)C)C3(C)CCC2C(C)(CCC)C1O.CN. The summed E-state index contributed by atoms with van der Waals surface area (Å²) in [5.74, 6) is 4.23. The first-order chi connectivity index (χ1) is 21.1. The molecule has 8 unspecified atom stereocenters. The lowest BCUT2D eigenvalue weighted by atomic mass is 9.47. The quantitative estimate of drug-likeness (QED) is 0.129. The minimum Gasteiger partial charge on any atom is -0.391 e. The van der Waals surface area contributed by atoms with Crippen molar-refractivity contribution in [3.63, 3.8) is 0 Å². The molecule has 3 rings (SSSR count). The molecule has 3 aliphatic carbocycles. The summed E-state index contributed by atoms with van der Waals surface area (Å²) in [6.45, 7) is 22.9. The van der Waals surface area contributed by atoms with Crippen molar-refractivity contribution >= 4 is 0 Å². The van der Waals surface area contributed by atoms with E-state index >= 15 is 0 Å². The van der Waals surface area contributed by atoms with E-state index < -0.39 is 0 Å². The lowest BCUT2D eigenvalue weighted by Gasteiger charge is -2.60. The summed E-state index contributed by atoms with van der Waals surface area (Å²) in [4.78, 5) is 0. The molecule has 4 nitrogen and oxygen atoms in total. The van der Waals surface area contributed by atoms with Crippen LogP contribution in [0.4, 0.5) is 0 Å². The molecule has 3 aliphatic rings. The molecule has 6 N–H and O–H groups in total. The van der Waals surface area contributed by atoms with Crippen molar-refractivity contribution in [2.45, 2.75) is 196 Å². The Morgan fingerprint density at radius 2 is 1.39 bits per heavy atom. The summed E-state index contributed by atoms with van der Waals surface area (Å²) in [5, 5.41) is 15.4. The average Bonchev–Trinajstić information content (AvgIpc) is 3.35. The number of fused-ring (bicyclic) bond motifs is 3. The number of nitrogens with two attached hydrogens (primary N) is 2. The van der Waals surface area contributed by atoms with Gasteiger partial charge >= 0.3 is 0 Å². The molecule has 0 aromatic rings. The van der Waals surface area contributed by atoms with Gasteiger partial charge in [-0.2, -0.15) is 0 Å². The van der Waals surface area contributed by atoms with Crippen LogP contribution in [-0.2, 0) is 0 Å². The van der Waals surface area contributed by atoms with E-state index in [1.165, 1.54) is 129 Å². The monoisotopic (exact) mass is 624 g/mol. The minimum absolute atomic E-state index is 0.0955. The third kappa shape index (κ3) is 13.5. The molecule has 0 aromatic carbocycles. The van der Waals surface area contributed by atoms with Crippen molar-refractivity contribution in [1.29, 1.82) is 0 Å². The van der Waals surface area contributed by atoms with Crippen LogP contribution in [0.25, 0.3) is 0 Å². The molecule has 4 heteroatoms. The highest BCUT2D eigenvalue weighted by atomic mass is 16.3. The van der Waals surface area contributed by atoms with Gasteiger partial charge < -0.3 is 21.9 Å². The van der Waals surface area contributed by atoms with E-state index in [9.17, 15) is 5.11 Å². The van der Waals surface area contributed by atoms with Crippen LogP contribution in [0, 0.1) is 40.4 Å². The van der Waals surface area contributed by atoms with E-state index in [1.807, 2.05) is 0 Å². The van der Waals surface area contributed by atoms with E-state index in [0.29, 0.717) is 11.5 Å². The summed E-state index contributed by atoms with van der Waals surface area (Å²) in [5.41, 5.74) is 10.3. The number of hydrogen-bond acceptors (Lipinski definition) is 4. The first kappa shape index (κ1) is 43.8. The Kier molecular flexibility index (Phi) is 24.8. The van der Waals surface area contributed by atoms with Gasteiger partial charge in [0.25, 0.3) is 0 Å². The Hall–Kier alpha value is -0.160. The van der Waals surface area contributed by atoms with Gasteiger partial charge in [0.05, 0.1) is 6.10 Å². The Morgan fingerprint density at radius 3 is 1.89 bits per heavy atom. The Morgan fingerprint density at radius 1 is 0.773 bits per heavy atom. The van der Waals surface area contributed by atoms with Gasteiger partial charge in [-0.25, -0.2) is 0 Å². The van der Waals surface area contributed by atoms with Crippen LogP contribution in [0.5, 0.6) is 0 Å². The smallest absolute Gasteiger partial charge is 0.0749 e. The zero-order chi connectivity index (χ0) is 33.6. The van der Waals surface area contributed by atoms with Crippen molar-refractivity contribution in [1.82, 2.24) is 5.32 Å². The summed E-state index contributed by atoms with van der Waals surface area (Å²) >= 11 is 0. The number of hydrogen-bond donors (Lipinski definition) is 4. The van der Waals surface area contributed by atoms with Gasteiger partial charge in [-0.1, -0.05) is 127 Å². The molecule has 266 valence electrons. The van der Waals surface area contributed by atoms with Crippen LogP contribution in [0.1, 0.15) is 184 Å². The summed E-state index contributed by atoms with van der Waals surface area (Å²) in [7, 11) is 1.50. The van der Waals surface area contributed by atoms with Crippen LogP contribution in [0.3, 0.4) is 0 Å². The van der Waals surface area contributed by atoms with Gasteiger partial charge in [0.2, 0.25) is 0 Å². The minimum atomic E-state index is -0.178. The first-order valence-electron chi connectivity index (χ1n) is 19.8. The van der Waals surface area contributed by atoms with Crippen LogP contribution < -0.4 is 16.8 Å². The molecule has 0 amide bonds. The lowest BCUT2D eigenvalue weighted by molar-refractivity contribution is -0.144. The van der Waals surface area contributed by atoms with Gasteiger partial charge in [-0.15, -0.1) is 0 Å². The highest BCUT2D eigenvalue weighted by Crippen LogP contribution is 2.65. The topological polar surface area (TPSA) is 84.3 Å². The van der Waals surface area contributed by atoms with Crippen LogP contribution >= 0.6 is 0 Å². The molecular weight excluding hydrogens is 538 g/mol. The highest BCUT2D eigenvalue weighted by molar-refractivity contribution is 5.11. The molecule has 0 aromatic heterocycles. The Balaban J connectivity index is 0.00000120. The number of unbranched alkanes of at least 4 members (excludes halogenated alkanes) is 6. The van der Waals surface area contributed by atoms with Crippen LogP contribution in [-0.4, -0.2) is 37.4 Å². The number of nitrogens with one attached hydrogen (secondary N) is 1. The molecule has 0 spiro atoms. The maximum atomic E-state index is 11.5. The van der Waals surface area contributed by atoms with Crippen molar-refractivity contribution in [3.8, 4) is 0 Å². The predicted molar refractivity (Wildman–Crippen MR) is 198 cm³/mol. The van der Waals surface area contributed by atoms with Gasteiger partial charge in [0.15, 0.2) is 0 Å². The second-order valence-electron chi connectivity index (χ2n) is 15.6. The fourth-order valence-corrected chi connectivity index (χ4v) is 9.30. The van der Waals surface area contributed by atoms with E-state index in [0.717, 1.165) is 42.7 Å². The van der Waals surface area contributed by atoms with Crippen LogP contribution in [0.2, 0.25) is 0 Å². The standard InChI is InChI=1S/C29H55NO.C6H14.C4H11N.CH5N/c1-7-9-19-30-26-20-23-24-15-14-22(13-11-10-12-21(3)4)28(24,5)18-16-25(23)29(6,17-8-2)27(26)31;1-3-5-6-4-2;1-2-3-4-5;1-2/h21-27,30-31H,7-20H2,1-6H3;3-6H2,1-2H3;2-5H2,1H3;2H2,1H3. The Labute approximate surface area is 278 Å². The van der Waals surface area contributed by atoms with Crippen molar-refractivity contribution in [3.05, 3.63) is 0 Å². The van der Waals surface area contributed by atoms with Gasteiger partial charge in [-0.3, -0.25) is 0 Å². The molecule has 0 heterocycles. The van der Waals surface area contributed by atoms with Gasteiger partial charge in [-0.05, 0) is 118 Å². The molecule has 3 saturated carbocycles. The largest absolute Gasteiger partial charge is 0.391 e. The van der Waals surface area contributed by atoms with E-state index in [2.05, 4.69) is 73.4 Å². The molecule has 3 fully saturated rings. The molecule has 0 radical (unpaired) electrons. The zero-order valence-electron chi connectivity index (χ0n) is 32.0. The molecule has 0 saturated heterocycles. The molecule has 44 heavy (non-hydrogen) atoms. The summed E-state index contributed by atoms with van der Waals surface area (Å²) in [6, 6.07) is 0.303. The number of aliphatic hydroxyl groups excluding tert-OH is 1. The van der Waals surface area contributed by atoms with E-state index in [1.54, 1.807) is 0 Å². The van der Waals surface area contributed by atoms with Crippen LogP contribution in [0.15, 0.2) is 0 Å². The maximum Gasteiger partial charge on any atom is 0.0749 e. The third-order valence-corrected chi connectivity index (χ3v) is 11.9. The number of rotatable bonds is 16. The number of aliphatic hydroxyl groups is 1.